The number of aromatic nitrogens is 2. The third-order valence-electron chi connectivity index (χ3n) is 4.53. The van der Waals surface area contributed by atoms with Crippen LogP contribution in [-0.2, 0) is 0 Å². The molecule has 1 aromatic heterocycles. The number of carbonyl (C=O) groups excluding carboxylic acids is 1. The van der Waals surface area contributed by atoms with Crippen molar-refractivity contribution in [1.29, 1.82) is 0 Å². The van der Waals surface area contributed by atoms with Crippen LogP contribution >= 0.6 is 11.6 Å². The lowest BCUT2D eigenvalue weighted by atomic mass is 10.2. The van der Waals surface area contributed by atoms with E-state index in [9.17, 15) is 9.59 Å². The Balaban J connectivity index is 1.38. The van der Waals surface area contributed by atoms with E-state index in [4.69, 9.17) is 11.6 Å². The molecular formula is C18H18ClN5O2. The molecule has 0 radical (unpaired) electrons. The van der Waals surface area contributed by atoms with Crippen LogP contribution < -0.4 is 15.9 Å². The van der Waals surface area contributed by atoms with Crippen LogP contribution in [0.2, 0.25) is 5.02 Å². The summed E-state index contributed by atoms with van der Waals surface area (Å²) in [5.74, 6) is 0. The molecule has 1 aliphatic rings. The zero-order chi connectivity index (χ0) is 18.1. The Morgan fingerprint density at radius 2 is 1.65 bits per heavy atom. The third-order valence-corrected chi connectivity index (χ3v) is 4.78. The molecule has 134 valence electrons. The maximum atomic E-state index is 12.4. The second-order valence-corrected chi connectivity index (χ2v) is 6.66. The fourth-order valence-corrected chi connectivity index (χ4v) is 3.25. The predicted octanol–water partition coefficient (Wildman–Crippen LogP) is 2.86. The third kappa shape index (κ3) is 3.39. The van der Waals surface area contributed by atoms with Crippen molar-refractivity contribution in [3.8, 4) is 0 Å². The van der Waals surface area contributed by atoms with E-state index in [1.54, 1.807) is 29.2 Å². The predicted molar refractivity (Wildman–Crippen MR) is 103 cm³/mol. The zero-order valence-corrected chi connectivity index (χ0v) is 14.7. The number of aromatic amines is 2. The van der Waals surface area contributed by atoms with E-state index < -0.39 is 0 Å². The number of amides is 2. The van der Waals surface area contributed by atoms with E-state index in [2.05, 4.69) is 20.2 Å². The lowest BCUT2D eigenvalue weighted by molar-refractivity contribution is 0.208. The average Bonchev–Trinajstić information content (AvgIpc) is 3.03. The number of hydrogen-bond donors (Lipinski definition) is 3. The van der Waals surface area contributed by atoms with Crippen molar-refractivity contribution >= 4 is 40.0 Å². The lowest BCUT2D eigenvalue weighted by Crippen LogP contribution is -2.50. The molecule has 7 nitrogen and oxygen atoms in total. The van der Waals surface area contributed by atoms with Gasteiger partial charge in [-0.05, 0) is 42.5 Å². The van der Waals surface area contributed by atoms with Gasteiger partial charge in [0.25, 0.3) is 0 Å². The van der Waals surface area contributed by atoms with Gasteiger partial charge in [0.15, 0.2) is 0 Å². The van der Waals surface area contributed by atoms with Crippen LogP contribution in [0.25, 0.3) is 11.0 Å². The van der Waals surface area contributed by atoms with Crippen LogP contribution in [0.15, 0.2) is 47.3 Å². The molecule has 1 saturated heterocycles. The molecule has 4 rings (SSSR count). The second-order valence-electron chi connectivity index (χ2n) is 6.22. The summed E-state index contributed by atoms with van der Waals surface area (Å²) in [4.78, 5) is 33.3. The van der Waals surface area contributed by atoms with Gasteiger partial charge in [-0.1, -0.05) is 11.6 Å². The molecule has 2 amide bonds. The van der Waals surface area contributed by atoms with Gasteiger partial charge in [0, 0.05) is 42.6 Å². The molecule has 0 atom stereocenters. The Hall–Kier alpha value is -2.93. The number of H-pyrrole nitrogens is 2. The highest BCUT2D eigenvalue weighted by atomic mass is 35.5. The van der Waals surface area contributed by atoms with Crippen molar-refractivity contribution < 1.29 is 4.79 Å². The van der Waals surface area contributed by atoms with Gasteiger partial charge >= 0.3 is 11.7 Å². The number of anilines is 2. The number of rotatable bonds is 2. The normalized spacial score (nSPS) is 14.7. The van der Waals surface area contributed by atoms with Gasteiger partial charge in [-0.15, -0.1) is 0 Å². The molecule has 8 heteroatoms. The Morgan fingerprint density at radius 1 is 0.962 bits per heavy atom. The Bertz CT molecular complexity index is 987. The van der Waals surface area contributed by atoms with Crippen molar-refractivity contribution in [2.45, 2.75) is 0 Å². The minimum absolute atomic E-state index is 0.114. The van der Waals surface area contributed by atoms with Crippen LogP contribution in [-0.4, -0.2) is 47.1 Å². The monoisotopic (exact) mass is 371 g/mol. The van der Waals surface area contributed by atoms with Crippen molar-refractivity contribution in [3.05, 3.63) is 58.0 Å². The van der Waals surface area contributed by atoms with Crippen molar-refractivity contribution in [1.82, 2.24) is 14.9 Å². The first-order valence-corrected chi connectivity index (χ1v) is 8.75. The first kappa shape index (κ1) is 16.5. The summed E-state index contributed by atoms with van der Waals surface area (Å²) < 4.78 is 0. The number of nitrogens with zero attached hydrogens (tertiary/aromatic N) is 2. The summed E-state index contributed by atoms with van der Waals surface area (Å²) in [5, 5.41) is 3.52. The number of hydrogen-bond acceptors (Lipinski definition) is 3. The van der Waals surface area contributed by atoms with Crippen LogP contribution in [0.5, 0.6) is 0 Å². The molecule has 3 aromatic rings. The number of carbonyl (C=O) groups is 1. The molecule has 0 bridgehead atoms. The van der Waals surface area contributed by atoms with E-state index in [1.807, 2.05) is 18.2 Å². The Morgan fingerprint density at radius 3 is 2.38 bits per heavy atom. The largest absolute Gasteiger partial charge is 0.368 e. The highest BCUT2D eigenvalue weighted by Gasteiger charge is 2.21. The van der Waals surface area contributed by atoms with Gasteiger partial charge in [-0.25, -0.2) is 9.59 Å². The maximum absolute atomic E-state index is 12.4. The number of piperazine rings is 1. The Labute approximate surface area is 154 Å². The van der Waals surface area contributed by atoms with Gasteiger partial charge in [0.2, 0.25) is 0 Å². The van der Waals surface area contributed by atoms with Gasteiger partial charge in [0.05, 0.1) is 11.0 Å². The first-order chi connectivity index (χ1) is 12.6. The Kier molecular flexibility index (Phi) is 4.30. The minimum atomic E-state index is -0.208. The van der Waals surface area contributed by atoms with Crippen molar-refractivity contribution in [3.63, 3.8) is 0 Å². The van der Waals surface area contributed by atoms with Gasteiger partial charge < -0.3 is 25.1 Å². The lowest BCUT2D eigenvalue weighted by Gasteiger charge is -2.36. The summed E-state index contributed by atoms with van der Waals surface area (Å²) in [6.07, 6.45) is 0. The average molecular weight is 372 g/mol. The quantitative estimate of drug-likeness (QED) is 0.647. The highest BCUT2D eigenvalue weighted by molar-refractivity contribution is 6.30. The molecule has 1 fully saturated rings. The van der Waals surface area contributed by atoms with Crippen molar-refractivity contribution in [2.75, 3.05) is 36.4 Å². The summed E-state index contributed by atoms with van der Waals surface area (Å²) in [7, 11) is 0. The van der Waals surface area contributed by atoms with E-state index in [1.165, 1.54) is 0 Å². The standard InChI is InChI=1S/C18H18ClN5O2/c19-12-1-3-13(4-2-12)20-18(26)24-9-7-23(8-10-24)14-5-6-15-16(11-14)22-17(25)21-15/h1-6,11H,7-10H2,(H,20,26)(H2,21,22,25). The number of fused-ring (bicyclic) bond motifs is 1. The summed E-state index contributed by atoms with van der Waals surface area (Å²) >= 11 is 5.86. The van der Waals surface area contributed by atoms with E-state index in [0.717, 1.165) is 35.5 Å². The van der Waals surface area contributed by atoms with E-state index in [0.29, 0.717) is 18.1 Å². The summed E-state index contributed by atoms with van der Waals surface area (Å²) in [6.45, 7) is 2.71. The highest BCUT2D eigenvalue weighted by Crippen LogP contribution is 2.21. The van der Waals surface area contributed by atoms with Crippen LogP contribution in [0.4, 0.5) is 16.2 Å². The fourth-order valence-electron chi connectivity index (χ4n) is 3.12. The second kappa shape index (κ2) is 6.76. The summed E-state index contributed by atoms with van der Waals surface area (Å²) in [5.41, 5.74) is 3.13. The smallest absolute Gasteiger partial charge is 0.323 e. The van der Waals surface area contributed by atoms with E-state index in [-0.39, 0.29) is 11.7 Å². The molecule has 26 heavy (non-hydrogen) atoms. The number of imidazole rings is 1. The fraction of sp³-hybridized carbons (Fsp3) is 0.222. The van der Waals surface area contributed by atoms with Gasteiger partial charge in [-0.3, -0.25) is 0 Å². The van der Waals surface area contributed by atoms with Crippen LogP contribution in [0.3, 0.4) is 0 Å². The number of urea groups is 1. The summed E-state index contributed by atoms with van der Waals surface area (Å²) in [6, 6.07) is 12.8. The SMILES string of the molecule is O=C(Nc1ccc(Cl)cc1)N1CCN(c2ccc3[nH]c(=O)[nH]c3c2)CC1. The number of halogens is 1. The van der Waals surface area contributed by atoms with Crippen molar-refractivity contribution in [2.24, 2.45) is 0 Å². The maximum Gasteiger partial charge on any atom is 0.323 e. The molecule has 3 N–H and O–H groups in total. The molecule has 0 aliphatic carbocycles. The van der Waals surface area contributed by atoms with Gasteiger partial charge in [0.1, 0.15) is 0 Å². The molecular weight excluding hydrogens is 354 g/mol. The zero-order valence-electron chi connectivity index (χ0n) is 14.0. The van der Waals surface area contributed by atoms with Crippen LogP contribution in [0.1, 0.15) is 0 Å². The van der Waals surface area contributed by atoms with Gasteiger partial charge in [-0.2, -0.15) is 0 Å². The molecule has 2 aromatic carbocycles. The number of nitrogens with one attached hydrogen (secondary N) is 3. The minimum Gasteiger partial charge on any atom is -0.368 e. The molecule has 1 aliphatic heterocycles. The molecule has 0 unspecified atom stereocenters. The molecule has 2 heterocycles. The molecule has 0 spiro atoms. The number of benzene rings is 2. The molecule has 0 saturated carbocycles. The topological polar surface area (TPSA) is 84.2 Å². The first-order valence-electron chi connectivity index (χ1n) is 8.37. The van der Waals surface area contributed by atoms with Crippen LogP contribution in [0, 0.1) is 0 Å². The van der Waals surface area contributed by atoms with E-state index >= 15 is 0 Å².